The van der Waals surface area contributed by atoms with Crippen LogP contribution in [0.4, 0.5) is 0 Å². The average Bonchev–Trinajstić information content (AvgIpc) is 2.36. The molecule has 2 unspecified atom stereocenters. The van der Waals surface area contributed by atoms with Crippen molar-refractivity contribution in [3.63, 3.8) is 0 Å². The summed E-state index contributed by atoms with van der Waals surface area (Å²) in [4.78, 5) is 1.46. The first-order chi connectivity index (χ1) is 9.44. The lowest BCUT2D eigenvalue weighted by atomic mass is 9.73. The number of rotatable bonds is 4. The van der Waals surface area contributed by atoms with Crippen molar-refractivity contribution in [1.29, 1.82) is 0 Å². The van der Waals surface area contributed by atoms with Gasteiger partial charge in [0.1, 0.15) is 0 Å². The summed E-state index contributed by atoms with van der Waals surface area (Å²) in [5.74, 6) is 0. The molecule has 0 bridgehead atoms. The van der Waals surface area contributed by atoms with Gasteiger partial charge in [0.2, 0.25) is 0 Å². The summed E-state index contributed by atoms with van der Waals surface area (Å²) >= 11 is 2.09. The third-order valence-electron chi connectivity index (χ3n) is 4.56. The molecule has 0 radical (unpaired) electrons. The molecule has 112 valence electrons. The van der Waals surface area contributed by atoms with Crippen LogP contribution in [0.5, 0.6) is 0 Å². The van der Waals surface area contributed by atoms with Crippen molar-refractivity contribution < 1.29 is 0 Å². The van der Waals surface area contributed by atoms with Crippen molar-refractivity contribution in [2.75, 3.05) is 6.54 Å². The molecular weight excluding hydrogens is 262 g/mol. The molecule has 20 heavy (non-hydrogen) atoms. The molecule has 2 heteroatoms. The van der Waals surface area contributed by atoms with E-state index in [1.165, 1.54) is 35.3 Å². The Balaban J connectivity index is 2.17. The van der Waals surface area contributed by atoms with Gasteiger partial charge in [-0.25, -0.2) is 0 Å². The molecule has 2 rings (SSSR count). The number of hydrogen-bond acceptors (Lipinski definition) is 2. The Morgan fingerprint density at radius 1 is 1.30 bits per heavy atom. The third-order valence-corrected chi connectivity index (χ3v) is 6.08. The minimum absolute atomic E-state index is 0.407. The zero-order valence-corrected chi connectivity index (χ0v) is 14.4. The second-order valence-corrected chi connectivity index (χ2v) is 8.12. The van der Waals surface area contributed by atoms with E-state index in [9.17, 15) is 0 Å². The van der Waals surface area contributed by atoms with Crippen molar-refractivity contribution in [3.8, 4) is 0 Å². The SMILES string of the molecule is CCNC1C(Sc2ccc(C)cc2C)CCCC1(C)C. The summed E-state index contributed by atoms with van der Waals surface area (Å²) in [5.41, 5.74) is 3.19. The standard InChI is InChI=1S/C18H29NS/c1-6-19-17-16(8-7-11-18(17,4)5)20-15-10-9-13(2)12-14(15)3/h9-10,12,16-17,19H,6-8,11H2,1-5H3. The van der Waals surface area contributed by atoms with Crippen LogP contribution in [-0.4, -0.2) is 17.8 Å². The Bertz CT molecular complexity index is 453. The molecule has 1 aliphatic rings. The van der Waals surface area contributed by atoms with Gasteiger partial charge in [-0.2, -0.15) is 0 Å². The van der Waals surface area contributed by atoms with Crippen LogP contribution in [0.1, 0.15) is 51.2 Å². The number of hydrogen-bond donors (Lipinski definition) is 1. The predicted molar refractivity (Wildman–Crippen MR) is 90.7 cm³/mol. The highest BCUT2D eigenvalue weighted by Crippen LogP contribution is 2.43. The van der Waals surface area contributed by atoms with Gasteiger partial charge < -0.3 is 5.32 Å². The van der Waals surface area contributed by atoms with Crippen molar-refractivity contribution in [1.82, 2.24) is 5.32 Å². The first-order valence-electron chi connectivity index (χ1n) is 7.91. The zero-order chi connectivity index (χ0) is 14.8. The summed E-state index contributed by atoms with van der Waals surface area (Å²) in [6, 6.07) is 7.47. The second-order valence-electron chi connectivity index (χ2n) is 6.84. The molecule has 0 aromatic heterocycles. The molecule has 1 saturated carbocycles. The first-order valence-corrected chi connectivity index (χ1v) is 8.79. The first kappa shape index (κ1) is 15.9. The molecule has 0 spiro atoms. The van der Waals surface area contributed by atoms with E-state index >= 15 is 0 Å². The highest BCUT2D eigenvalue weighted by atomic mass is 32.2. The Kier molecular flexibility index (Phi) is 5.19. The maximum atomic E-state index is 3.76. The van der Waals surface area contributed by atoms with E-state index < -0.39 is 0 Å². The highest BCUT2D eigenvalue weighted by Gasteiger charge is 2.38. The molecule has 0 saturated heterocycles. The van der Waals surface area contributed by atoms with Crippen LogP contribution >= 0.6 is 11.8 Å². The fourth-order valence-electron chi connectivity index (χ4n) is 3.43. The van der Waals surface area contributed by atoms with Crippen LogP contribution < -0.4 is 5.32 Å². The van der Waals surface area contributed by atoms with Gasteiger partial charge in [0.25, 0.3) is 0 Å². The highest BCUT2D eigenvalue weighted by molar-refractivity contribution is 8.00. The number of aryl methyl sites for hydroxylation is 2. The number of thioether (sulfide) groups is 1. The van der Waals surface area contributed by atoms with E-state index in [4.69, 9.17) is 0 Å². The van der Waals surface area contributed by atoms with Gasteiger partial charge in [0.05, 0.1) is 0 Å². The smallest absolute Gasteiger partial charge is 0.0253 e. The summed E-state index contributed by atoms with van der Waals surface area (Å²) in [6.07, 6.45) is 4.03. The monoisotopic (exact) mass is 291 g/mol. The molecule has 1 N–H and O–H groups in total. The molecular formula is C18H29NS. The molecule has 1 aliphatic carbocycles. The fraction of sp³-hybridized carbons (Fsp3) is 0.667. The largest absolute Gasteiger partial charge is 0.313 e. The van der Waals surface area contributed by atoms with Crippen LogP contribution in [0, 0.1) is 19.3 Å². The Hall–Kier alpha value is -0.470. The van der Waals surface area contributed by atoms with E-state index in [-0.39, 0.29) is 0 Å². The van der Waals surface area contributed by atoms with E-state index in [0.717, 1.165) is 6.54 Å². The summed E-state index contributed by atoms with van der Waals surface area (Å²) in [5, 5.41) is 4.45. The van der Waals surface area contributed by atoms with Gasteiger partial charge in [-0.1, -0.05) is 44.9 Å². The van der Waals surface area contributed by atoms with Crippen LogP contribution in [0.25, 0.3) is 0 Å². The fourth-order valence-corrected chi connectivity index (χ4v) is 5.04. The molecule has 1 aromatic carbocycles. The summed E-state index contributed by atoms with van der Waals surface area (Å²) < 4.78 is 0. The zero-order valence-electron chi connectivity index (χ0n) is 13.6. The molecule has 1 aromatic rings. The van der Waals surface area contributed by atoms with Crippen LogP contribution in [-0.2, 0) is 0 Å². The molecule has 0 aliphatic heterocycles. The van der Waals surface area contributed by atoms with Crippen LogP contribution in [0.3, 0.4) is 0 Å². The normalized spacial score (nSPS) is 25.6. The Labute approximate surface area is 128 Å². The van der Waals surface area contributed by atoms with E-state index in [0.29, 0.717) is 16.7 Å². The maximum absolute atomic E-state index is 3.76. The van der Waals surface area contributed by atoms with Crippen LogP contribution in [0.15, 0.2) is 23.1 Å². The third kappa shape index (κ3) is 3.59. The minimum Gasteiger partial charge on any atom is -0.313 e. The lowest BCUT2D eigenvalue weighted by Gasteiger charge is -2.44. The lowest BCUT2D eigenvalue weighted by Crippen LogP contribution is -2.51. The molecule has 0 amide bonds. The summed E-state index contributed by atoms with van der Waals surface area (Å²) in [7, 11) is 0. The Morgan fingerprint density at radius 2 is 2.05 bits per heavy atom. The van der Waals surface area contributed by atoms with Gasteiger partial charge in [0, 0.05) is 16.2 Å². The molecule has 1 fully saturated rings. The number of benzene rings is 1. The van der Waals surface area contributed by atoms with Gasteiger partial charge in [-0.3, -0.25) is 0 Å². The van der Waals surface area contributed by atoms with Crippen molar-refractivity contribution in [3.05, 3.63) is 29.3 Å². The lowest BCUT2D eigenvalue weighted by molar-refractivity contribution is 0.176. The Morgan fingerprint density at radius 3 is 2.70 bits per heavy atom. The quantitative estimate of drug-likeness (QED) is 0.842. The van der Waals surface area contributed by atoms with E-state index in [1.54, 1.807) is 0 Å². The van der Waals surface area contributed by atoms with Crippen molar-refractivity contribution in [2.24, 2.45) is 5.41 Å². The predicted octanol–water partition coefficient (Wildman–Crippen LogP) is 4.95. The van der Waals surface area contributed by atoms with Crippen LogP contribution in [0.2, 0.25) is 0 Å². The molecule has 0 heterocycles. The summed E-state index contributed by atoms with van der Waals surface area (Å²) in [6.45, 7) is 12.6. The van der Waals surface area contributed by atoms with Crippen molar-refractivity contribution >= 4 is 11.8 Å². The van der Waals surface area contributed by atoms with Gasteiger partial charge >= 0.3 is 0 Å². The van der Waals surface area contributed by atoms with Gasteiger partial charge in [-0.15, -0.1) is 11.8 Å². The van der Waals surface area contributed by atoms with Crippen molar-refractivity contribution in [2.45, 2.75) is 70.1 Å². The number of nitrogens with one attached hydrogen (secondary N) is 1. The second kappa shape index (κ2) is 6.53. The molecule has 1 nitrogen and oxygen atoms in total. The van der Waals surface area contributed by atoms with Gasteiger partial charge in [0.15, 0.2) is 0 Å². The topological polar surface area (TPSA) is 12.0 Å². The van der Waals surface area contributed by atoms with E-state index in [2.05, 4.69) is 69.9 Å². The molecule has 2 atom stereocenters. The van der Waals surface area contributed by atoms with Gasteiger partial charge in [-0.05, 0) is 50.3 Å². The van der Waals surface area contributed by atoms with E-state index in [1.807, 2.05) is 0 Å². The average molecular weight is 292 g/mol. The maximum Gasteiger partial charge on any atom is 0.0253 e. The minimum atomic E-state index is 0.407.